The number of thiophene rings is 1. The minimum Gasteiger partial charge on any atom is -0.388 e. The average molecular weight is 532 g/mol. The molecule has 1 unspecified atom stereocenters. The molecule has 0 bridgehead atoms. The van der Waals surface area contributed by atoms with E-state index < -0.39 is 53.1 Å². The van der Waals surface area contributed by atoms with E-state index in [2.05, 4.69) is 10.0 Å². The van der Waals surface area contributed by atoms with Crippen molar-refractivity contribution in [2.75, 3.05) is 6.54 Å². The van der Waals surface area contributed by atoms with Gasteiger partial charge in [0.1, 0.15) is 29.2 Å². The monoisotopic (exact) mass is 530 g/mol. The molecule has 1 aromatic carbocycles. The van der Waals surface area contributed by atoms with Crippen LogP contribution in [0.25, 0.3) is 0 Å². The van der Waals surface area contributed by atoms with Crippen LogP contribution in [0.4, 0.5) is 0 Å². The van der Waals surface area contributed by atoms with E-state index in [1.165, 1.54) is 30.3 Å². The van der Waals surface area contributed by atoms with E-state index in [-0.39, 0.29) is 19.8 Å². The Kier molecular flexibility index (Phi) is 7.85. The lowest BCUT2D eigenvalue weighted by Gasteiger charge is -2.40. The molecule has 1 aromatic heterocycles. The van der Waals surface area contributed by atoms with Crippen molar-refractivity contribution in [2.45, 2.75) is 35.5 Å². The molecule has 0 aliphatic carbocycles. The van der Waals surface area contributed by atoms with E-state index >= 15 is 0 Å². The second kappa shape index (κ2) is 9.87. The molecule has 2 aromatic rings. The predicted molar refractivity (Wildman–Crippen MR) is 115 cm³/mol. The van der Waals surface area contributed by atoms with E-state index in [9.17, 15) is 28.5 Å². The third-order valence-corrected chi connectivity index (χ3v) is 8.12. The fraction of sp³-hybridized carbons (Fsp3) is 0.353. The summed E-state index contributed by atoms with van der Waals surface area (Å²) in [7, 11) is -4.14. The highest BCUT2D eigenvalue weighted by molar-refractivity contribution is 7.89. The van der Waals surface area contributed by atoms with Gasteiger partial charge < -0.3 is 25.4 Å². The van der Waals surface area contributed by atoms with Crippen LogP contribution >= 0.6 is 46.1 Å². The first-order chi connectivity index (χ1) is 14.5. The summed E-state index contributed by atoms with van der Waals surface area (Å²) in [6, 6.07) is 5.66. The zero-order valence-corrected chi connectivity index (χ0v) is 19.3. The van der Waals surface area contributed by atoms with E-state index in [1.54, 1.807) is 0 Å². The molecule has 9 nitrogen and oxygen atoms in total. The van der Waals surface area contributed by atoms with Crippen LogP contribution in [0.1, 0.15) is 9.67 Å². The van der Waals surface area contributed by atoms with E-state index in [4.69, 9.17) is 39.5 Å². The molecule has 0 radical (unpaired) electrons. The third kappa shape index (κ3) is 5.50. The Bertz CT molecular complexity index is 1070. The van der Waals surface area contributed by atoms with Crippen LogP contribution in [-0.2, 0) is 14.8 Å². The first kappa shape index (κ1) is 24.6. The Morgan fingerprint density at radius 3 is 2.45 bits per heavy atom. The SMILES string of the molecule is O=C(N[C@H]1C(O)O[C@H](CNS(=O)(=O)c2cccc(Cl)c2Cl)[C@@H](O)[C@@H]1O)c1ccc(Cl)s1. The van der Waals surface area contributed by atoms with Gasteiger partial charge in [0.05, 0.1) is 19.3 Å². The zero-order valence-electron chi connectivity index (χ0n) is 15.4. The number of aliphatic hydroxyl groups excluding tert-OH is 3. The molecule has 1 fully saturated rings. The van der Waals surface area contributed by atoms with Gasteiger partial charge in [-0.15, -0.1) is 11.3 Å². The number of carbonyl (C=O) groups excluding carboxylic acids is 1. The second-order valence-electron chi connectivity index (χ2n) is 6.55. The number of benzene rings is 1. The second-order valence-corrected chi connectivity index (χ2v) is 10.8. The number of halogens is 3. The van der Waals surface area contributed by atoms with Crippen molar-refractivity contribution in [3.8, 4) is 0 Å². The number of ether oxygens (including phenoxy) is 1. The molecule has 3 rings (SSSR count). The fourth-order valence-corrected chi connectivity index (χ4v) is 5.64. The smallest absolute Gasteiger partial charge is 0.261 e. The molecule has 170 valence electrons. The van der Waals surface area contributed by atoms with Crippen molar-refractivity contribution in [1.82, 2.24) is 10.0 Å². The maximum absolute atomic E-state index is 12.5. The number of hydrogen-bond donors (Lipinski definition) is 5. The van der Waals surface area contributed by atoms with Gasteiger partial charge in [0.2, 0.25) is 10.0 Å². The Balaban J connectivity index is 1.66. The van der Waals surface area contributed by atoms with E-state index in [0.29, 0.717) is 4.34 Å². The van der Waals surface area contributed by atoms with Gasteiger partial charge in [0, 0.05) is 6.54 Å². The number of amides is 1. The standard InChI is InChI=1S/C17H17Cl3N2O7S2/c18-7-2-1-3-10(12(7)20)31(27,28)21-6-8-14(23)15(24)13(17(26)29-8)22-16(25)9-4-5-11(19)30-9/h1-5,8,13-15,17,21,23-24,26H,6H2,(H,22,25)/t8-,13-,14-,15-,17?/m1/s1. The van der Waals surface area contributed by atoms with Crippen LogP contribution in [0.15, 0.2) is 35.2 Å². The summed E-state index contributed by atoms with van der Waals surface area (Å²) >= 11 is 18.5. The van der Waals surface area contributed by atoms with Gasteiger partial charge in [-0.05, 0) is 24.3 Å². The Morgan fingerprint density at radius 2 is 1.81 bits per heavy atom. The van der Waals surface area contributed by atoms with Crippen molar-refractivity contribution in [3.05, 3.63) is 49.6 Å². The maximum Gasteiger partial charge on any atom is 0.261 e. The topological polar surface area (TPSA) is 145 Å². The summed E-state index contributed by atoms with van der Waals surface area (Å²) in [6.45, 7) is -0.498. The van der Waals surface area contributed by atoms with Gasteiger partial charge in [0.15, 0.2) is 6.29 Å². The molecule has 1 aliphatic rings. The number of hydrogen-bond acceptors (Lipinski definition) is 8. The molecular formula is C17H17Cl3N2O7S2. The summed E-state index contributed by atoms with van der Waals surface area (Å²) in [4.78, 5) is 12.2. The summed E-state index contributed by atoms with van der Waals surface area (Å²) in [5, 5.41) is 33.1. The van der Waals surface area contributed by atoms with Crippen molar-refractivity contribution < 1.29 is 33.3 Å². The van der Waals surface area contributed by atoms with Crippen molar-refractivity contribution >= 4 is 62.1 Å². The van der Waals surface area contributed by atoms with Gasteiger partial charge in [-0.1, -0.05) is 40.9 Å². The van der Waals surface area contributed by atoms with Crippen molar-refractivity contribution in [2.24, 2.45) is 0 Å². The third-order valence-electron chi connectivity index (χ3n) is 4.50. The van der Waals surface area contributed by atoms with Gasteiger partial charge in [-0.3, -0.25) is 4.79 Å². The molecule has 5 N–H and O–H groups in total. The van der Waals surface area contributed by atoms with E-state index in [1.807, 2.05) is 0 Å². The Hall–Kier alpha value is -0.990. The number of sulfonamides is 1. The average Bonchev–Trinajstić information content (AvgIpc) is 3.15. The molecule has 0 saturated carbocycles. The normalized spacial score (nSPS) is 26.6. The highest BCUT2D eigenvalue weighted by Crippen LogP contribution is 2.29. The molecule has 1 aliphatic heterocycles. The summed E-state index contributed by atoms with van der Waals surface area (Å²) in [5.41, 5.74) is 0. The van der Waals surface area contributed by atoms with Gasteiger partial charge in [-0.25, -0.2) is 13.1 Å². The largest absolute Gasteiger partial charge is 0.388 e. The lowest BCUT2D eigenvalue weighted by atomic mass is 9.96. The van der Waals surface area contributed by atoms with Crippen LogP contribution in [0.2, 0.25) is 14.4 Å². The highest BCUT2D eigenvalue weighted by Gasteiger charge is 2.45. The molecule has 1 saturated heterocycles. The quantitative estimate of drug-likeness (QED) is 0.377. The first-order valence-corrected chi connectivity index (χ1v) is 12.1. The minimum atomic E-state index is -4.14. The summed E-state index contributed by atoms with van der Waals surface area (Å²) in [5.74, 6) is -0.634. The lowest BCUT2D eigenvalue weighted by molar-refractivity contribution is -0.243. The molecule has 14 heteroatoms. The number of rotatable bonds is 6. The predicted octanol–water partition coefficient (Wildman–Crippen LogP) is 1.22. The van der Waals surface area contributed by atoms with Gasteiger partial charge in [-0.2, -0.15) is 0 Å². The fourth-order valence-electron chi connectivity index (χ4n) is 2.89. The summed E-state index contributed by atoms with van der Waals surface area (Å²) < 4.78 is 32.8. The number of carbonyl (C=O) groups is 1. The number of nitrogens with one attached hydrogen (secondary N) is 2. The van der Waals surface area contributed by atoms with Crippen LogP contribution in [0.3, 0.4) is 0 Å². The van der Waals surface area contributed by atoms with Crippen LogP contribution in [-0.4, -0.2) is 66.8 Å². The zero-order chi connectivity index (χ0) is 22.9. The first-order valence-electron chi connectivity index (χ1n) is 8.71. The van der Waals surface area contributed by atoms with Crippen molar-refractivity contribution in [1.29, 1.82) is 0 Å². The summed E-state index contributed by atoms with van der Waals surface area (Å²) in [6.07, 6.45) is -6.31. The van der Waals surface area contributed by atoms with E-state index in [0.717, 1.165) is 11.3 Å². The maximum atomic E-state index is 12.5. The number of aliphatic hydroxyl groups is 3. The van der Waals surface area contributed by atoms with Crippen LogP contribution in [0.5, 0.6) is 0 Å². The Morgan fingerprint density at radius 1 is 1.10 bits per heavy atom. The molecule has 5 atom stereocenters. The minimum absolute atomic E-state index is 0.0370. The lowest BCUT2D eigenvalue weighted by Crippen LogP contribution is -2.65. The van der Waals surface area contributed by atoms with Crippen LogP contribution in [0, 0.1) is 0 Å². The van der Waals surface area contributed by atoms with Crippen LogP contribution < -0.4 is 10.0 Å². The molecule has 31 heavy (non-hydrogen) atoms. The highest BCUT2D eigenvalue weighted by atomic mass is 35.5. The van der Waals surface area contributed by atoms with Gasteiger partial charge in [0.25, 0.3) is 5.91 Å². The van der Waals surface area contributed by atoms with Gasteiger partial charge >= 0.3 is 0 Å². The molecule has 0 spiro atoms. The molecule has 2 heterocycles. The Labute approximate surface area is 196 Å². The molecule has 1 amide bonds. The van der Waals surface area contributed by atoms with Crippen molar-refractivity contribution in [3.63, 3.8) is 0 Å². The molecular weight excluding hydrogens is 515 g/mol.